The van der Waals surface area contributed by atoms with E-state index in [2.05, 4.69) is 63.3 Å². The van der Waals surface area contributed by atoms with Gasteiger partial charge in [0.05, 0.1) is 0 Å². The van der Waals surface area contributed by atoms with Gasteiger partial charge in [-0.3, -0.25) is 14.4 Å². The van der Waals surface area contributed by atoms with Crippen LogP contribution in [0.4, 0.5) is 0 Å². The van der Waals surface area contributed by atoms with Crippen molar-refractivity contribution in [3.05, 3.63) is 64.3 Å². The fraction of sp³-hybridized carbons (Fsp3) is 0. The van der Waals surface area contributed by atoms with Crippen molar-refractivity contribution in [2.24, 2.45) is 17.2 Å². The number of amides is 3. The van der Waals surface area contributed by atoms with Crippen molar-refractivity contribution in [2.75, 3.05) is 0 Å². The Balaban J connectivity index is -0.0000000239. The van der Waals surface area contributed by atoms with Crippen LogP contribution in [-0.4, -0.2) is 17.7 Å². The Kier molecular flexibility index (Phi) is 110. The van der Waals surface area contributed by atoms with Gasteiger partial charge in [-0.15, -0.1) is 26.3 Å². The Hall–Kier alpha value is -2.97. The highest BCUT2D eigenvalue weighted by Gasteiger charge is 1.70. The first-order valence-electron chi connectivity index (χ1n) is 4.57. The Labute approximate surface area is 126 Å². The lowest BCUT2D eigenvalue weighted by Crippen LogP contribution is -2.04. The average molecular weight is 303 g/mol. The van der Waals surface area contributed by atoms with Gasteiger partial charge in [0.15, 0.2) is 0 Å². The molecule has 12 N–H and O–H groups in total. The van der Waals surface area contributed by atoms with Crippen molar-refractivity contribution >= 4 is 17.7 Å². The van der Waals surface area contributed by atoms with Crippen LogP contribution in [0.1, 0.15) is 0 Å². The maximum atomic E-state index is 9.47. The number of hydrogen-bond donors (Lipinski definition) is 5. The summed E-state index contributed by atoms with van der Waals surface area (Å²) in [6, 6.07) is 0. The van der Waals surface area contributed by atoms with E-state index < -0.39 is 17.7 Å². The zero-order chi connectivity index (χ0) is 16.9. The molecule has 0 aliphatic rings. The standard InChI is InChI=1S/3C3H5NO.2C2H4.2H3N/c3*1-2-3(4)5;2*1-2;;/h3*2H,1H2,(H2,4,5);2*1-2H2;2*1H3. The predicted molar refractivity (Wildman–Crippen MR) is 90.7 cm³/mol. The summed E-state index contributed by atoms with van der Waals surface area (Å²) >= 11 is 0. The molecule has 0 fully saturated rings. The molecule has 0 saturated carbocycles. The smallest absolute Gasteiger partial charge is 0.240 e. The highest BCUT2D eigenvalue weighted by molar-refractivity contribution is 5.85. The topological polar surface area (TPSA) is 199 Å². The Morgan fingerprint density at radius 2 is 0.619 bits per heavy atom. The molecule has 0 radical (unpaired) electrons. The van der Waals surface area contributed by atoms with Crippen LogP contribution in [0.2, 0.25) is 0 Å². The van der Waals surface area contributed by atoms with Crippen LogP contribution >= 0.6 is 0 Å². The molecule has 0 bridgehead atoms. The van der Waals surface area contributed by atoms with Gasteiger partial charge >= 0.3 is 0 Å². The van der Waals surface area contributed by atoms with E-state index >= 15 is 0 Å². The molecule has 0 aliphatic heterocycles. The summed E-state index contributed by atoms with van der Waals surface area (Å²) in [6.07, 6.45) is 3.17. The lowest BCUT2D eigenvalue weighted by molar-refractivity contribution is -0.114. The molecule has 0 aromatic heterocycles. The third-order valence-corrected chi connectivity index (χ3v) is 0.604. The van der Waals surface area contributed by atoms with Crippen LogP contribution in [0.5, 0.6) is 0 Å². The van der Waals surface area contributed by atoms with E-state index in [1.165, 1.54) is 0 Å². The molecule has 8 heteroatoms. The van der Waals surface area contributed by atoms with Crippen LogP contribution in [0.25, 0.3) is 0 Å². The van der Waals surface area contributed by atoms with E-state index in [9.17, 15) is 14.4 Å². The second-order valence-electron chi connectivity index (χ2n) is 1.82. The van der Waals surface area contributed by atoms with Crippen molar-refractivity contribution < 1.29 is 14.4 Å². The lowest BCUT2D eigenvalue weighted by Gasteiger charge is -1.65. The summed E-state index contributed by atoms with van der Waals surface area (Å²) in [6.45, 7) is 21.3. The summed E-state index contributed by atoms with van der Waals surface area (Å²) in [5.41, 5.74) is 13.6. The second kappa shape index (κ2) is 53.7. The van der Waals surface area contributed by atoms with Crippen LogP contribution in [0.3, 0.4) is 0 Å². The highest BCUT2D eigenvalue weighted by Crippen LogP contribution is 1.49. The number of primary amides is 3. The van der Waals surface area contributed by atoms with Gasteiger partial charge in [0.25, 0.3) is 0 Å². The molecule has 0 saturated heterocycles. The third kappa shape index (κ3) is 419. The van der Waals surface area contributed by atoms with Crippen molar-refractivity contribution in [3.63, 3.8) is 0 Å². The Morgan fingerprint density at radius 1 is 0.571 bits per heavy atom. The normalized spacial score (nSPS) is 4.95. The highest BCUT2D eigenvalue weighted by atomic mass is 16.1. The molecule has 0 aromatic rings. The van der Waals surface area contributed by atoms with E-state index in [4.69, 9.17) is 0 Å². The fourth-order valence-corrected chi connectivity index (χ4v) is 0. The van der Waals surface area contributed by atoms with E-state index in [1.54, 1.807) is 0 Å². The van der Waals surface area contributed by atoms with Gasteiger partial charge in [-0.05, 0) is 18.2 Å². The predicted octanol–water partition coefficient (Wildman–Crippen LogP) is 0.902. The SMILES string of the molecule is C=C.C=C.C=CC(N)=O.C=CC(N)=O.C=CC(N)=O.N.N. The molecule has 0 aliphatic carbocycles. The average Bonchev–Trinajstić information content (AvgIpc) is 2.44. The molecule has 0 heterocycles. The van der Waals surface area contributed by atoms with Crippen LogP contribution in [0, 0.1) is 0 Å². The molecule has 3 amide bonds. The quantitative estimate of drug-likeness (QED) is 0.380. The van der Waals surface area contributed by atoms with Gasteiger partial charge in [0.2, 0.25) is 17.7 Å². The van der Waals surface area contributed by atoms with Crippen molar-refractivity contribution in [1.29, 1.82) is 0 Å². The summed E-state index contributed by atoms with van der Waals surface area (Å²) in [5.74, 6) is -1.44. The van der Waals surface area contributed by atoms with Gasteiger partial charge in [0, 0.05) is 0 Å². The van der Waals surface area contributed by atoms with Gasteiger partial charge in [-0.2, -0.15) is 0 Å². The summed E-state index contributed by atoms with van der Waals surface area (Å²) in [7, 11) is 0. The van der Waals surface area contributed by atoms with Crippen molar-refractivity contribution in [2.45, 2.75) is 0 Å². The van der Waals surface area contributed by atoms with Gasteiger partial charge in [-0.25, -0.2) is 0 Å². The molecule has 21 heavy (non-hydrogen) atoms. The molecule has 0 rings (SSSR count). The summed E-state index contributed by atoms with van der Waals surface area (Å²) in [5, 5.41) is 0. The van der Waals surface area contributed by atoms with E-state index in [0.29, 0.717) is 0 Å². The minimum Gasteiger partial charge on any atom is -0.366 e. The third-order valence-electron chi connectivity index (χ3n) is 0.604. The monoisotopic (exact) mass is 303 g/mol. The van der Waals surface area contributed by atoms with Crippen LogP contribution < -0.4 is 29.5 Å². The molecule has 124 valence electrons. The van der Waals surface area contributed by atoms with Crippen LogP contribution in [0.15, 0.2) is 64.3 Å². The maximum absolute atomic E-state index is 9.47. The van der Waals surface area contributed by atoms with E-state index in [0.717, 1.165) is 18.2 Å². The molecule has 0 aromatic carbocycles. The number of carbonyl (C=O) groups excluding carboxylic acids is 3. The first-order valence-corrected chi connectivity index (χ1v) is 4.57. The van der Waals surface area contributed by atoms with E-state index in [-0.39, 0.29) is 12.3 Å². The maximum Gasteiger partial charge on any atom is 0.240 e. The van der Waals surface area contributed by atoms with Gasteiger partial charge in [0.1, 0.15) is 0 Å². The summed E-state index contributed by atoms with van der Waals surface area (Å²) in [4.78, 5) is 28.4. The van der Waals surface area contributed by atoms with Crippen molar-refractivity contribution in [1.82, 2.24) is 12.3 Å². The first-order chi connectivity index (χ1) is 8.81. The fourth-order valence-electron chi connectivity index (χ4n) is 0. The minimum atomic E-state index is -0.481. The molecule has 0 unspecified atom stereocenters. The van der Waals surface area contributed by atoms with Crippen LogP contribution in [-0.2, 0) is 14.4 Å². The largest absolute Gasteiger partial charge is 0.366 e. The number of nitrogens with two attached hydrogens (primary N) is 3. The zero-order valence-electron chi connectivity index (χ0n) is 12.6. The Morgan fingerprint density at radius 3 is 0.619 bits per heavy atom. The molecule has 8 nitrogen and oxygen atoms in total. The minimum absolute atomic E-state index is 0. The summed E-state index contributed by atoms with van der Waals surface area (Å²) < 4.78 is 0. The van der Waals surface area contributed by atoms with Gasteiger partial charge < -0.3 is 29.5 Å². The van der Waals surface area contributed by atoms with Crippen molar-refractivity contribution in [3.8, 4) is 0 Å². The molecule has 0 spiro atoms. The van der Waals surface area contributed by atoms with E-state index in [1.807, 2.05) is 0 Å². The molecule has 0 atom stereocenters. The zero-order valence-corrected chi connectivity index (χ0v) is 12.6. The number of carbonyl (C=O) groups is 3. The second-order valence-corrected chi connectivity index (χ2v) is 1.82. The molecular weight excluding hydrogens is 274 g/mol. The first kappa shape index (κ1) is 43.0. The number of rotatable bonds is 3. The Bertz CT molecular complexity index is 247. The molecular formula is C13H29N5O3. The van der Waals surface area contributed by atoms with Gasteiger partial charge in [-0.1, -0.05) is 19.7 Å². The number of hydrogen-bond acceptors (Lipinski definition) is 5. The lowest BCUT2D eigenvalue weighted by atomic mass is 10.6.